The summed E-state index contributed by atoms with van der Waals surface area (Å²) >= 11 is 0. The minimum Gasteiger partial charge on any atom is -0.378 e. The average molecular weight is 192 g/mol. The summed E-state index contributed by atoms with van der Waals surface area (Å²) < 4.78 is 5.25. The first-order chi connectivity index (χ1) is 6.77. The smallest absolute Gasteiger partial charge is 0.128 e. The number of ether oxygens (including phenoxy) is 1. The van der Waals surface area contributed by atoms with E-state index >= 15 is 0 Å². The van der Waals surface area contributed by atoms with Crippen molar-refractivity contribution in [1.82, 2.24) is 4.90 Å². The van der Waals surface area contributed by atoms with E-state index in [1.54, 1.807) is 6.08 Å². The summed E-state index contributed by atoms with van der Waals surface area (Å²) in [5.74, 6) is 0.846. The number of allylic oxidation sites excluding steroid dienone is 3. The summed E-state index contributed by atoms with van der Waals surface area (Å²) in [6.07, 6.45) is 3.58. The molecule has 1 saturated heterocycles. The number of morpholine rings is 1. The van der Waals surface area contributed by atoms with Crippen LogP contribution in [0, 0.1) is 0 Å². The largest absolute Gasteiger partial charge is 0.378 e. The molecule has 0 aromatic heterocycles. The third kappa shape index (κ3) is 2.85. The Bertz CT molecular complexity index is 262. The van der Waals surface area contributed by atoms with Crippen molar-refractivity contribution in [1.29, 1.82) is 0 Å². The van der Waals surface area contributed by atoms with E-state index < -0.39 is 0 Å². The normalized spacial score (nSPS) is 17.7. The van der Waals surface area contributed by atoms with E-state index in [1.165, 1.54) is 0 Å². The van der Waals surface area contributed by atoms with Crippen LogP contribution in [0.1, 0.15) is 0 Å². The van der Waals surface area contributed by atoms with Crippen LogP contribution in [0.4, 0.5) is 0 Å². The van der Waals surface area contributed by atoms with Crippen molar-refractivity contribution in [2.45, 2.75) is 0 Å². The minimum absolute atomic E-state index is 0.743. The van der Waals surface area contributed by atoms with Gasteiger partial charge in [-0.3, -0.25) is 0 Å². The van der Waals surface area contributed by atoms with Gasteiger partial charge in [-0.05, 0) is 18.4 Å². The van der Waals surface area contributed by atoms with Crippen molar-refractivity contribution < 1.29 is 4.74 Å². The maximum atomic E-state index is 5.25. The zero-order valence-corrected chi connectivity index (χ0v) is 8.41. The summed E-state index contributed by atoms with van der Waals surface area (Å²) in [4.78, 5) is 6.10. The Balaban J connectivity index is 2.68. The Morgan fingerprint density at radius 3 is 2.50 bits per heavy atom. The van der Waals surface area contributed by atoms with Gasteiger partial charge in [-0.1, -0.05) is 19.2 Å². The van der Waals surface area contributed by atoms with E-state index in [0.717, 1.165) is 37.7 Å². The molecule has 0 amide bonds. The molecule has 1 rings (SSSR count). The van der Waals surface area contributed by atoms with Crippen molar-refractivity contribution in [2.75, 3.05) is 26.3 Å². The molecule has 0 aromatic carbocycles. The van der Waals surface area contributed by atoms with Crippen molar-refractivity contribution in [3.63, 3.8) is 0 Å². The molecule has 0 atom stereocenters. The lowest BCUT2D eigenvalue weighted by molar-refractivity contribution is 0.0532. The molecule has 1 fully saturated rings. The summed E-state index contributed by atoms with van der Waals surface area (Å²) in [6.45, 7) is 14.2. The van der Waals surface area contributed by atoms with E-state index in [9.17, 15) is 0 Å². The predicted octanol–water partition coefficient (Wildman–Crippen LogP) is 1.60. The Labute approximate surface area is 85.1 Å². The van der Waals surface area contributed by atoms with Gasteiger partial charge in [0.05, 0.1) is 13.2 Å². The summed E-state index contributed by atoms with van der Waals surface area (Å²) in [7, 11) is 0. The number of rotatable bonds is 4. The van der Waals surface area contributed by atoms with Gasteiger partial charge < -0.3 is 9.64 Å². The molecule has 0 N–H and O–H groups in total. The number of nitrogens with zero attached hydrogens (tertiary/aromatic N) is 2. The molecular formula is C11H16N2O. The Morgan fingerprint density at radius 1 is 1.36 bits per heavy atom. The average Bonchev–Trinajstić information content (AvgIpc) is 2.26. The molecule has 0 aliphatic carbocycles. The molecular weight excluding hydrogens is 176 g/mol. The minimum atomic E-state index is 0.743. The fourth-order valence-corrected chi connectivity index (χ4v) is 1.25. The number of hydrogen-bond donors (Lipinski definition) is 0. The van der Waals surface area contributed by atoms with Crippen LogP contribution in [0.25, 0.3) is 0 Å². The van der Waals surface area contributed by atoms with Crippen molar-refractivity contribution in [2.24, 2.45) is 4.99 Å². The third-order valence-electron chi connectivity index (χ3n) is 2.07. The van der Waals surface area contributed by atoms with Crippen LogP contribution in [0.2, 0.25) is 0 Å². The fourth-order valence-electron chi connectivity index (χ4n) is 1.25. The summed E-state index contributed by atoms with van der Waals surface area (Å²) in [6, 6.07) is 0. The van der Waals surface area contributed by atoms with Crippen molar-refractivity contribution in [3.8, 4) is 0 Å². The second-order valence-electron chi connectivity index (χ2n) is 3.04. The predicted molar refractivity (Wildman–Crippen MR) is 59.4 cm³/mol. The Kier molecular flexibility index (Phi) is 4.13. The molecule has 3 heteroatoms. The van der Waals surface area contributed by atoms with Gasteiger partial charge in [0, 0.05) is 13.1 Å². The summed E-state index contributed by atoms with van der Waals surface area (Å²) in [5.41, 5.74) is 0.846. The lowest BCUT2D eigenvalue weighted by atomic mass is 10.2. The van der Waals surface area contributed by atoms with E-state index in [-0.39, 0.29) is 0 Å². The van der Waals surface area contributed by atoms with Gasteiger partial charge >= 0.3 is 0 Å². The second kappa shape index (κ2) is 5.40. The van der Waals surface area contributed by atoms with Crippen molar-refractivity contribution in [3.05, 3.63) is 36.7 Å². The van der Waals surface area contributed by atoms with Crippen LogP contribution < -0.4 is 0 Å². The van der Waals surface area contributed by atoms with Crippen LogP contribution in [0.3, 0.4) is 0 Å². The van der Waals surface area contributed by atoms with E-state index in [2.05, 4.69) is 29.8 Å². The molecule has 0 bridgehead atoms. The highest BCUT2D eigenvalue weighted by molar-refractivity contribution is 5.34. The molecule has 3 nitrogen and oxygen atoms in total. The molecule has 76 valence electrons. The van der Waals surface area contributed by atoms with Gasteiger partial charge in [-0.15, -0.1) is 0 Å². The molecule has 1 aliphatic rings. The van der Waals surface area contributed by atoms with Crippen LogP contribution in [-0.4, -0.2) is 37.9 Å². The zero-order chi connectivity index (χ0) is 10.4. The molecule has 0 unspecified atom stereocenters. The monoisotopic (exact) mass is 192 g/mol. The van der Waals surface area contributed by atoms with Gasteiger partial charge in [0.25, 0.3) is 0 Å². The van der Waals surface area contributed by atoms with Crippen LogP contribution in [0.15, 0.2) is 41.7 Å². The lowest BCUT2D eigenvalue weighted by Crippen LogP contribution is -2.35. The first-order valence-electron chi connectivity index (χ1n) is 4.60. The van der Waals surface area contributed by atoms with Crippen molar-refractivity contribution >= 4 is 6.72 Å². The third-order valence-corrected chi connectivity index (χ3v) is 2.07. The molecule has 1 aliphatic heterocycles. The van der Waals surface area contributed by atoms with E-state index in [1.807, 2.05) is 6.08 Å². The SMILES string of the molecule is C=CC(=C)/C=C(\N=C)N1CCOCC1. The maximum absolute atomic E-state index is 5.25. The van der Waals surface area contributed by atoms with Gasteiger partial charge in [-0.25, -0.2) is 4.99 Å². The first-order valence-corrected chi connectivity index (χ1v) is 4.60. The molecule has 0 spiro atoms. The molecule has 14 heavy (non-hydrogen) atoms. The highest BCUT2D eigenvalue weighted by Gasteiger charge is 2.11. The summed E-state index contributed by atoms with van der Waals surface area (Å²) in [5, 5.41) is 0. The fraction of sp³-hybridized carbons (Fsp3) is 0.364. The van der Waals surface area contributed by atoms with Gasteiger partial charge in [0.15, 0.2) is 0 Å². The number of hydrogen-bond acceptors (Lipinski definition) is 3. The Morgan fingerprint density at radius 2 is 2.00 bits per heavy atom. The van der Waals surface area contributed by atoms with E-state index in [0.29, 0.717) is 0 Å². The maximum Gasteiger partial charge on any atom is 0.128 e. The van der Waals surface area contributed by atoms with Crippen LogP contribution >= 0.6 is 0 Å². The quantitative estimate of drug-likeness (QED) is 0.499. The van der Waals surface area contributed by atoms with Crippen LogP contribution in [-0.2, 0) is 4.74 Å². The van der Waals surface area contributed by atoms with Crippen LogP contribution in [0.5, 0.6) is 0 Å². The molecule has 0 saturated carbocycles. The highest BCUT2D eigenvalue weighted by atomic mass is 16.5. The van der Waals surface area contributed by atoms with Gasteiger partial charge in [0.1, 0.15) is 5.82 Å². The molecule has 0 radical (unpaired) electrons. The standard InChI is InChI=1S/C11H16N2O/c1-4-10(2)9-11(12-3)13-5-7-14-8-6-13/h4,9H,1-3,5-8H2/b11-9+. The first kappa shape index (κ1) is 10.7. The molecule has 1 heterocycles. The zero-order valence-electron chi connectivity index (χ0n) is 8.41. The second-order valence-corrected chi connectivity index (χ2v) is 3.04. The number of aliphatic imine (C=N–C) groups is 1. The topological polar surface area (TPSA) is 24.8 Å². The molecule has 0 aromatic rings. The van der Waals surface area contributed by atoms with Gasteiger partial charge in [-0.2, -0.15) is 0 Å². The van der Waals surface area contributed by atoms with E-state index in [4.69, 9.17) is 4.74 Å². The highest BCUT2D eigenvalue weighted by Crippen LogP contribution is 2.11. The Hall–Kier alpha value is -1.35. The lowest BCUT2D eigenvalue weighted by Gasteiger charge is -2.28. The van der Waals surface area contributed by atoms with Gasteiger partial charge in [0.2, 0.25) is 0 Å².